The zero-order valence-corrected chi connectivity index (χ0v) is 18.7. The van der Waals surface area contributed by atoms with Crippen LogP contribution in [0.1, 0.15) is 27.3 Å². The van der Waals surface area contributed by atoms with E-state index in [9.17, 15) is 4.79 Å². The molecule has 0 aliphatic carbocycles. The van der Waals surface area contributed by atoms with Gasteiger partial charge in [-0.2, -0.15) is 5.10 Å². The summed E-state index contributed by atoms with van der Waals surface area (Å²) < 4.78 is 12.4. The van der Waals surface area contributed by atoms with Crippen LogP contribution in [0.15, 0.2) is 42.5 Å². The van der Waals surface area contributed by atoms with Crippen molar-refractivity contribution in [1.82, 2.24) is 14.7 Å². The van der Waals surface area contributed by atoms with E-state index in [4.69, 9.17) is 21.1 Å². The lowest BCUT2D eigenvalue weighted by molar-refractivity contribution is 0.0796. The van der Waals surface area contributed by atoms with Gasteiger partial charge >= 0.3 is 0 Å². The molecule has 0 atom stereocenters. The van der Waals surface area contributed by atoms with E-state index in [1.54, 1.807) is 30.8 Å². The molecule has 158 valence electrons. The number of hydrogen-bond donors (Lipinski definition) is 0. The topological polar surface area (TPSA) is 56.6 Å². The van der Waals surface area contributed by atoms with Gasteiger partial charge in [0, 0.05) is 19.2 Å². The number of carbonyl (C=O) groups is 1. The van der Waals surface area contributed by atoms with Crippen LogP contribution >= 0.6 is 11.6 Å². The fourth-order valence-corrected chi connectivity index (χ4v) is 3.39. The van der Waals surface area contributed by atoms with E-state index < -0.39 is 0 Å². The number of aromatic nitrogens is 2. The first kappa shape index (κ1) is 21.7. The van der Waals surface area contributed by atoms with E-state index >= 15 is 0 Å². The molecule has 1 aromatic heterocycles. The Morgan fingerprint density at radius 3 is 2.30 bits per heavy atom. The van der Waals surface area contributed by atoms with Crippen molar-refractivity contribution in [3.05, 3.63) is 70.0 Å². The lowest BCUT2D eigenvalue weighted by atomic mass is 10.1. The third-order valence-electron chi connectivity index (χ3n) is 5.09. The van der Waals surface area contributed by atoms with Gasteiger partial charge in [0.15, 0.2) is 11.5 Å². The van der Waals surface area contributed by atoms with Gasteiger partial charge in [0.25, 0.3) is 5.91 Å². The molecule has 0 radical (unpaired) electrons. The maximum Gasteiger partial charge on any atom is 0.253 e. The number of hydrogen-bond acceptors (Lipinski definition) is 4. The summed E-state index contributed by atoms with van der Waals surface area (Å²) in [7, 11) is 5.03. The van der Waals surface area contributed by atoms with Gasteiger partial charge in [-0.25, -0.2) is 4.68 Å². The number of nitrogens with zero attached hydrogens (tertiary/aromatic N) is 3. The number of aryl methyl sites for hydroxylation is 1. The van der Waals surface area contributed by atoms with Crippen LogP contribution < -0.4 is 9.47 Å². The number of carbonyl (C=O) groups excluding carboxylic acids is 1. The Morgan fingerprint density at radius 1 is 1.07 bits per heavy atom. The number of methoxy groups -OCH3 is 2. The highest BCUT2D eigenvalue weighted by molar-refractivity contribution is 6.31. The maximum absolute atomic E-state index is 12.8. The van der Waals surface area contributed by atoms with Crippen molar-refractivity contribution >= 4 is 17.5 Å². The van der Waals surface area contributed by atoms with Crippen molar-refractivity contribution in [2.75, 3.05) is 27.8 Å². The highest BCUT2D eigenvalue weighted by Gasteiger charge is 2.14. The van der Waals surface area contributed by atoms with Crippen LogP contribution in [0.4, 0.5) is 0 Å². The SMILES string of the molecule is COc1ccc(CCN(C)C(=O)c2ccc(-n3nc(C)c(Cl)c3C)cc2)cc1OC. The van der Waals surface area contributed by atoms with Crippen LogP contribution in [-0.2, 0) is 6.42 Å². The van der Waals surface area contributed by atoms with Crippen LogP contribution in [0, 0.1) is 13.8 Å². The van der Waals surface area contributed by atoms with Gasteiger partial charge in [-0.3, -0.25) is 4.79 Å². The minimum atomic E-state index is -0.0339. The highest BCUT2D eigenvalue weighted by Crippen LogP contribution is 2.28. The van der Waals surface area contributed by atoms with E-state index in [0.29, 0.717) is 35.1 Å². The van der Waals surface area contributed by atoms with Crippen molar-refractivity contribution in [2.45, 2.75) is 20.3 Å². The summed E-state index contributed by atoms with van der Waals surface area (Å²) in [5.74, 6) is 1.34. The Morgan fingerprint density at radius 2 is 1.73 bits per heavy atom. The number of ether oxygens (including phenoxy) is 2. The molecule has 0 fully saturated rings. The van der Waals surface area contributed by atoms with Gasteiger partial charge in [-0.15, -0.1) is 0 Å². The maximum atomic E-state index is 12.8. The summed E-state index contributed by atoms with van der Waals surface area (Å²) in [4.78, 5) is 14.5. The van der Waals surface area contributed by atoms with Crippen LogP contribution in [0.2, 0.25) is 5.02 Å². The van der Waals surface area contributed by atoms with Crippen molar-refractivity contribution in [3.63, 3.8) is 0 Å². The third-order valence-corrected chi connectivity index (χ3v) is 5.64. The molecule has 0 N–H and O–H groups in total. The van der Waals surface area contributed by atoms with Crippen molar-refractivity contribution in [2.24, 2.45) is 0 Å². The average Bonchev–Trinajstić information content (AvgIpc) is 3.04. The normalized spacial score (nSPS) is 10.7. The molecule has 1 amide bonds. The third kappa shape index (κ3) is 4.44. The zero-order chi connectivity index (χ0) is 21.8. The predicted molar refractivity (Wildman–Crippen MR) is 118 cm³/mol. The highest BCUT2D eigenvalue weighted by atomic mass is 35.5. The number of halogens is 1. The molecular weight excluding hydrogens is 402 g/mol. The molecule has 0 saturated carbocycles. The number of amides is 1. The summed E-state index contributed by atoms with van der Waals surface area (Å²) in [5.41, 5.74) is 4.22. The van der Waals surface area contributed by atoms with Gasteiger partial charge in [0.2, 0.25) is 0 Å². The van der Waals surface area contributed by atoms with Gasteiger partial charge in [-0.1, -0.05) is 17.7 Å². The largest absolute Gasteiger partial charge is 0.493 e. The molecule has 7 heteroatoms. The Kier molecular flexibility index (Phi) is 6.67. The number of rotatable bonds is 7. The first-order chi connectivity index (χ1) is 14.3. The molecule has 0 spiro atoms. The van der Waals surface area contributed by atoms with Crippen LogP contribution in [-0.4, -0.2) is 48.4 Å². The molecule has 30 heavy (non-hydrogen) atoms. The van der Waals surface area contributed by atoms with E-state index in [1.807, 2.05) is 56.3 Å². The molecule has 2 aromatic carbocycles. The summed E-state index contributed by atoms with van der Waals surface area (Å²) in [5, 5.41) is 5.11. The molecule has 3 aromatic rings. The Labute approximate surface area is 182 Å². The monoisotopic (exact) mass is 427 g/mol. The number of likely N-dealkylation sites (N-methyl/N-ethyl adjacent to an activating group) is 1. The molecule has 6 nitrogen and oxygen atoms in total. The van der Waals surface area contributed by atoms with Crippen molar-refractivity contribution in [1.29, 1.82) is 0 Å². The fraction of sp³-hybridized carbons (Fsp3) is 0.304. The average molecular weight is 428 g/mol. The first-order valence-electron chi connectivity index (χ1n) is 9.64. The van der Waals surface area contributed by atoms with Crippen LogP contribution in [0.25, 0.3) is 5.69 Å². The van der Waals surface area contributed by atoms with Crippen LogP contribution in [0.3, 0.4) is 0 Å². The molecule has 1 heterocycles. The van der Waals surface area contributed by atoms with Gasteiger partial charge < -0.3 is 14.4 Å². The Balaban J connectivity index is 1.67. The zero-order valence-electron chi connectivity index (χ0n) is 17.9. The lowest BCUT2D eigenvalue weighted by Crippen LogP contribution is -2.28. The standard InChI is InChI=1S/C23H26ClN3O3/c1-15-22(24)16(2)27(25-15)19-9-7-18(8-10-19)23(28)26(3)13-12-17-6-11-20(29-4)21(14-17)30-5/h6-11,14H,12-13H2,1-5H3. The van der Waals surface area contributed by atoms with Gasteiger partial charge in [0.05, 0.1) is 36.3 Å². The molecular formula is C23H26ClN3O3. The number of benzene rings is 2. The first-order valence-corrected chi connectivity index (χ1v) is 10.0. The second-order valence-electron chi connectivity index (χ2n) is 7.11. The van der Waals surface area contributed by atoms with E-state index in [0.717, 1.165) is 22.6 Å². The second-order valence-corrected chi connectivity index (χ2v) is 7.49. The molecule has 0 saturated heterocycles. The van der Waals surface area contributed by atoms with E-state index in [1.165, 1.54) is 0 Å². The van der Waals surface area contributed by atoms with Gasteiger partial charge in [0.1, 0.15) is 0 Å². The molecule has 0 aliphatic heterocycles. The second kappa shape index (κ2) is 9.22. The van der Waals surface area contributed by atoms with Crippen LogP contribution in [0.5, 0.6) is 11.5 Å². The minimum Gasteiger partial charge on any atom is -0.493 e. The summed E-state index contributed by atoms with van der Waals surface area (Å²) in [6, 6.07) is 13.2. The molecule has 0 aliphatic rings. The molecule has 0 bridgehead atoms. The summed E-state index contributed by atoms with van der Waals surface area (Å²) in [6.07, 6.45) is 0.713. The predicted octanol–water partition coefficient (Wildman–Crippen LogP) is 4.47. The fourth-order valence-electron chi connectivity index (χ4n) is 3.28. The minimum absolute atomic E-state index is 0.0339. The summed E-state index contributed by atoms with van der Waals surface area (Å²) in [6.45, 7) is 4.38. The summed E-state index contributed by atoms with van der Waals surface area (Å²) >= 11 is 6.23. The van der Waals surface area contributed by atoms with Crippen molar-refractivity contribution < 1.29 is 14.3 Å². The Hall–Kier alpha value is -2.99. The smallest absolute Gasteiger partial charge is 0.253 e. The molecule has 0 unspecified atom stereocenters. The van der Waals surface area contributed by atoms with E-state index in [2.05, 4.69) is 5.10 Å². The Bertz CT molecular complexity index is 1040. The lowest BCUT2D eigenvalue weighted by Gasteiger charge is -2.18. The van der Waals surface area contributed by atoms with Gasteiger partial charge in [-0.05, 0) is 62.2 Å². The van der Waals surface area contributed by atoms with E-state index in [-0.39, 0.29) is 5.91 Å². The molecule has 3 rings (SSSR count). The van der Waals surface area contributed by atoms with Crippen molar-refractivity contribution in [3.8, 4) is 17.2 Å². The quantitative estimate of drug-likeness (QED) is 0.558.